The van der Waals surface area contributed by atoms with Crippen LogP contribution in [0, 0.1) is 5.41 Å². The average Bonchev–Trinajstić information content (AvgIpc) is 2.65. The molecule has 1 atom stereocenters. The van der Waals surface area contributed by atoms with Gasteiger partial charge in [0.25, 0.3) is 0 Å². The third-order valence-corrected chi connectivity index (χ3v) is 2.66. The van der Waals surface area contributed by atoms with Crippen LogP contribution < -0.4 is 10.1 Å². The van der Waals surface area contributed by atoms with Crippen LogP contribution in [0.25, 0.3) is 0 Å². The Balaban J connectivity index is 1.88. The molecule has 3 nitrogen and oxygen atoms in total. The summed E-state index contributed by atoms with van der Waals surface area (Å²) in [5, 5.41) is 3.35. The first kappa shape index (κ1) is 9.46. The molecule has 76 valence electrons. The molecule has 3 heteroatoms. The molecule has 1 aromatic rings. The molecule has 1 fully saturated rings. The molecular formula is C11H16N2O. The van der Waals surface area contributed by atoms with Crippen LogP contribution in [0.15, 0.2) is 24.4 Å². The van der Waals surface area contributed by atoms with E-state index in [1.165, 1.54) is 6.42 Å². The van der Waals surface area contributed by atoms with E-state index in [9.17, 15) is 0 Å². The van der Waals surface area contributed by atoms with Gasteiger partial charge in [-0.05, 0) is 19.0 Å². The summed E-state index contributed by atoms with van der Waals surface area (Å²) in [5.41, 5.74) is 0.275. The lowest BCUT2D eigenvalue weighted by atomic mass is 9.91. The van der Waals surface area contributed by atoms with Crippen LogP contribution in [0.1, 0.15) is 13.3 Å². The van der Waals surface area contributed by atoms with Crippen molar-refractivity contribution in [1.82, 2.24) is 10.3 Å². The molecule has 1 aliphatic rings. The summed E-state index contributed by atoms with van der Waals surface area (Å²) in [6, 6.07) is 5.73. The lowest BCUT2D eigenvalue weighted by Crippen LogP contribution is -2.27. The highest BCUT2D eigenvalue weighted by Crippen LogP contribution is 2.24. The first-order valence-corrected chi connectivity index (χ1v) is 5.03. The number of pyridine rings is 1. The molecule has 0 bridgehead atoms. The molecule has 14 heavy (non-hydrogen) atoms. The second-order valence-electron chi connectivity index (χ2n) is 4.19. The average molecular weight is 192 g/mol. The van der Waals surface area contributed by atoms with Crippen LogP contribution in [0.3, 0.4) is 0 Å². The van der Waals surface area contributed by atoms with Crippen molar-refractivity contribution in [3.8, 4) is 5.88 Å². The topological polar surface area (TPSA) is 34.1 Å². The highest BCUT2D eigenvalue weighted by Gasteiger charge is 2.29. The van der Waals surface area contributed by atoms with Crippen molar-refractivity contribution in [3.63, 3.8) is 0 Å². The number of nitrogens with zero attached hydrogens (tertiary/aromatic N) is 1. The fourth-order valence-corrected chi connectivity index (χ4v) is 1.67. The van der Waals surface area contributed by atoms with Crippen LogP contribution >= 0.6 is 0 Å². The molecule has 0 aromatic carbocycles. The third-order valence-electron chi connectivity index (χ3n) is 2.66. The summed E-state index contributed by atoms with van der Waals surface area (Å²) in [5.74, 6) is 0.723. The van der Waals surface area contributed by atoms with Gasteiger partial charge in [-0.25, -0.2) is 4.98 Å². The van der Waals surface area contributed by atoms with Gasteiger partial charge in [0, 0.05) is 24.2 Å². The SMILES string of the molecule is CC1(COc2ccccn2)CCNC1. The zero-order valence-corrected chi connectivity index (χ0v) is 8.49. The Morgan fingerprint density at radius 1 is 1.57 bits per heavy atom. The Bertz CT molecular complexity index is 281. The molecule has 0 amide bonds. The maximum atomic E-state index is 5.64. The van der Waals surface area contributed by atoms with Gasteiger partial charge < -0.3 is 10.1 Å². The number of hydrogen-bond donors (Lipinski definition) is 1. The molecule has 0 saturated carbocycles. The number of aromatic nitrogens is 1. The molecular weight excluding hydrogens is 176 g/mol. The minimum absolute atomic E-state index is 0.275. The largest absolute Gasteiger partial charge is 0.477 e. The molecule has 1 saturated heterocycles. The van der Waals surface area contributed by atoms with E-state index in [4.69, 9.17) is 4.74 Å². The standard InChI is InChI=1S/C11H16N2O/c1-11(5-7-12-8-11)9-14-10-4-2-3-6-13-10/h2-4,6,12H,5,7-9H2,1H3. The number of hydrogen-bond acceptors (Lipinski definition) is 3. The van der Waals surface area contributed by atoms with Crippen molar-refractivity contribution >= 4 is 0 Å². The third kappa shape index (κ3) is 2.23. The van der Waals surface area contributed by atoms with Crippen molar-refractivity contribution < 1.29 is 4.74 Å². The van der Waals surface area contributed by atoms with Crippen molar-refractivity contribution in [1.29, 1.82) is 0 Å². The van der Waals surface area contributed by atoms with Gasteiger partial charge in [-0.15, -0.1) is 0 Å². The molecule has 1 aromatic heterocycles. The number of rotatable bonds is 3. The Hall–Kier alpha value is -1.09. The summed E-state index contributed by atoms with van der Waals surface area (Å²) >= 11 is 0. The Kier molecular flexibility index (Phi) is 2.68. The van der Waals surface area contributed by atoms with Crippen LogP contribution in [0.2, 0.25) is 0 Å². The highest BCUT2D eigenvalue weighted by molar-refractivity contribution is 5.09. The lowest BCUT2D eigenvalue weighted by Gasteiger charge is -2.22. The van der Waals surface area contributed by atoms with Crippen molar-refractivity contribution in [3.05, 3.63) is 24.4 Å². The smallest absolute Gasteiger partial charge is 0.213 e. The second-order valence-corrected chi connectivity index (χ2v) is 4.19. The predicted molar refractivity (Wildman–Crippen MR) is 55.3 cm³/mol. The minimum atomic E-state index is 0.275. The first-order chi connectivity index (χ1) is 6.79. The van der Waals surface area contributed by atoms with Crippen molar-refractivity contribution in [2.75, 3.05) is 19.7 Å². The zero-order chi connectivity index (χ0) is 9.86. The van der Waals surface area contributed by atoms with Crippen molar-refractivity contribution in [2.45, 2.75) is 13.3 Å². The highest BCUT2D eigenvalue weighted by atomic mass is 16.5. The monoisotopic (exact) mass is 192 g/mol. The van der Waals surface area contributed by atoms with Gasteiger partial charge >= 0.3 is 0 Å². The van der Waals surface area contributed by atoms with E-state index in [-0.39, 0.29) is 5.41 Å². The summed E-state index contributed by atoms with van der Waals surface area (Å²) in [6.07, 6.45) is 2.93. The molecule has 0 spiro atoms. The van der Waals surface area contributed by atoms with Crippen LogP contribution in [-0.2, 0) is 0 Å². The van der Waals surface area contributed by atoms with Gasteiger partial charge in [-0.1, -0.05) is 13.0 Å². The molecule has 1 aliphatic heterocycles. The minimum Gasteiger partial charge on any atom is -0.477 e. The maximum Gasteiger partial charge on any atom is 0.213 e. The van der Waals surface area contributed by atoms with Crippen LogP contribution in [0.4, 0.5) is 0 Å². The van der Waals surface area contributed by atoms with Gasteiger partial charge in [0.2, 0.25) is 5.88 Å². The quantitative estimate of drug-likeness (QED) is 0.787. The van der Waals surface area contributed by atoms with Gasteiger partial charge in [0.1, 0.15) is 0 Å². The van der Waals surface area contributed by atoms with Gasteiger partial charge in [0.05, 0.1) is 6.61 Å². The molecule has 2 rings (SSSR count). The Morgan fingerprint density at radius 3 is 3.14 bits per heavy atom. The van der Waals surface area contributed by atoms with E-state index in [2.05, 4.69) is 17.2 Å². The molecule has 1 N–H and O–H groups in total. The van der Waals surface area contributed by atoms with E-state index in [1.54, 1.807) is 6.20 Å². The van der Waals surface area contributed by atoms with E-state index in [0.717, 1.165) is 25.6 Å². The molecule has 2 heterocycles. The van der Waals surface area contributed by atoms with Gasteiger partial charge in [0.15, 0.2) is 0 Å². The summed E-state index contributed by atoms with van der Waals surface area (Å²) < 4.78 is 5.64. The van der Waals surface area contributed by atoms with Crippen LogP contribution in [0.5, 0.6) is 5.88 Å². The van der Waals surface area contributed by atoms with Crippen molar-refractivity contribution in [2.24, 2.45) is 5.41 Å². The van der Waals surface area contributed by atoms with E-state index >= 15 is 0 Å². The van der Waals surface area contributed by atoms with Gasteiger partial charge in [-0.3, -0.25) is 0 Å². The Morgan fingerprint density at radius 2 is 2.50 bits per heavy atom. The lowest BCUT2D eigenvalue weighted by molar-refractivity contribution is 0.175. The molecule has 0 aliphatic carbocycles. The molecule has 0 radical (unpaired) electrons. The van der Waals surface area contributed by atoms with Gasteiger partial charge in [-0.2, -0.15) is 0 Å². The zero-order valence-electron chi connectivity index (χ0n) is 8.49. The first-order valence-electron chi connectivity index (χ1n) is 5.03. The fourth-order valence-electron chi connectivity index (χ4n) is 1.67. The van der Waals surface area contributed by atoms with E-state index in [0.29, 0.717) is 0 Å². The van der Waals surface area contributed by atoms with E-state index in [1.807, 2.05) is 18.2 Å². The molecule has 1 unspecified atom stereocenters. The fraction of sp³-hybridized carbons (Fsp3) is 0.545. The summed E-state index contributed by atoms with van der Waals surface area (Å²) in [6.45, 7) is 5.13. The van der Waals surface area contributed by atoms with Crippen LogP contribution in [-0.4, -0.2) is 24.7 Å². The Labute approximate surface area is 84.5 Å². The number of nitrogens with one attached hydrogen (secondary N) is 1. The summed E-state index contributed by atoms with van der Waals surface area (Å²) in [4.78, 5) is 4.13. The normalized spacial score (nSPS) is 26.4. The second kappa shape index (κ2) is 3.96. The van der Waals surface area contributed by atoms with E-state index < -0.39 is 0 Å². The predicted octanol–water partition coefficient (Wildman–Crippen LogP) is 1.46. The number of ether oxygens (including phenoxy) is 1. The summed E-state index contributed by atoms with van der Waals surface area (Å²) in [7, 11) is 0. The maximum absolute atomic E-state index is 5.64.